The van der Waals surface area contributed by atoms with Crippen molar-refractivity contribution in [1.82, 2.24) is 10.3 Å². The lowest BCUT2D eigenvalue weighted by Crippen LogP contribution is -2.06. The molecule has 0 bridgehead atoms. The van der Waals surface area contributed by atoms with Crippen molar-refractivity contribution < 1.29 is 9.47 Å². The molecular formula is C14H15BrN2O2. The highest BCUT2D eigenvalue weighted by Gasteiger charge is 2.06. The quantitative estimate of drug-likeness (QED) is 0.916. The normalized spacial score (nSPS) is 10.3. The Morgan fingerprint density at radius 2 is 2.11 bits per heavy atom. The topological polar surface area (TPSA) is 43.4 Å². The van der Waals surface area contributed by atoms with Gasteiger partial charge in [-0.3, -0.25) is 0 Å². The van der Waals surface area contributed by atoms with Crippen LogP contribution in [0.2, 0.25) is 0 Å². The highest BCUT2D eigenvalue weighted by Crippen LogP contribution is 2.32. The Balaban J connectivity index is 2.18. The van der Waals surface area contributed by atoms with Crippen molar-refractivity contribution in [2.75, 3.05) is 14.2 Å². The molecule has 0 saturated carbocycles. The van der Waals surface area contributed by atoms with E-state index >= 15 is 0 Å². The lowest BCUT2D eigenvalue weighted by molar-refractivity contribution is 0.411. The molecule has 0 aliphatic rings. The number of aromatic nitrogens is 1. The minimum absolute atomic E-state index is 0.568. The number of ether oxygens (including phenoxy) is 2. The molecule has 2 rings (SSSR count). The monoisotopic (exact) mass is 322 g/mol. The van der Waals surface area contributed by atoms with Crippen LogP contribution in [-0.4, -0.2) is 19.1 Å². The molecule has 0 aliphatic carbocycles. The molecule has 0 fully saturated rings. The number of hydrogen-bond acceptors (Lipinski definition) is 4. The van der Waals surface area contributed by atoms with Crippen molar-refractivity contribution in [3.63, 3.8) is 0 Å². The fraction of sp³-hybridized carbons (Fsp3) is 0.214. The second kappa shape index (κ2) is 6.54. The molecule has 4 nitrogen and oxygen atoms in total. The maximum Gasteiger partial charge on any atom is 0.219 e. The summed E-state index contributed by atoms with van der Waals surface area (Å²) in [5, 5.41) is 3.06. The van der Waals surface area contributed by atoms with Crippen molar-refractivity contribution >= 4 is 15.9 Å². The van der Waals surface area contributed by atoms with Gasteiger partial charge in [-0.2, -0.15) is 0 Å². The lowest BCUT2D eigenvalue weighted by atomic mass is 10.3. The van der Waals surface area contributed by atoms with E-state index in [0.29, 0.717) is 18.2 Å². The van der Waals surface area contributed by atoms with Crippen molar-refractivity contribution in [2.45, 2.75) is 6.54 Å². The van der Waals surface area contributed by atoms with Crippen LogP contribution in [0.25, 0.3) is 0 Å². The Kier molecular flexibility index (Phi) is 4.76. The average Bonchev–Trinajstić information content (AvgIpc) is 2.42. The molecule has 1 aromatic heterocycles. The van der Waals surface area contributed by atoms with E-state index in [9.17, 15) is 0 Å². The Labute approximate surface area is 120 Å². The van der Waals surface area contributed by atoms with Gasteiger partial charge in [0, 0.05) is 12.6 Å². The van der Waals surface area contributed by atoms with Gasteiger partial charge in [-0.25, -0.2) is 4.98 Å². The maximum absolute atomic E-state index is 5.75. The van der Waals surface area contributed by atoms with Gasteiger partial charge in [0.25, 0.3) is 0 Å². The summed E-state index contributed by atoms with van der Waals surface area (Å²) < 4.78 is 11.7. The highest BCUT2D eigenvalue weighted by atomic mass is 79.9. The largest absolute Gasteiger partial charge is 0.497 e. The van der Waals surface area contributed by atoms with E-state index in [-0.39, 0.29) is 0 Å². The molecule has 1 heterocycles. The molecule has 0 saturated heterocycles. The molecule has 0 atom stereocenters. The number of benzene rings is 1. The van der Waals surface area contributed by atoms with Crippen molar-refractivity contribution in [2.24, 2.45) is 0 Å². The summed E-state index contributed by atoms with van der Waals surface area (Å²) in [4.78, 5) is 4.40. The molecule has 0 radical (unpaired) electrons. The van der Waals surface area contributed by atoms with E-state index < -0.39 is 0 Å². The third kappa shape index (κ3) is 3.68. The summed E-state index contributed by atoms with van der Waals surface area (Å²) in [7, 11) is 3.51. The second-order valence-corrected chi connectivity index (χ2v) is 4.75. The molecule has 0 aliphatic heterocycles. The van der Waals surface area contributed by atoms with Crippen LogP contribution in [0.5, 0.6) is 17.4 Å². The maximum atomic E-state index is 5.75. The molecule has 2 aromatic rings. The molecule has 0 unspecified atom stereocenters. The summed E-state index contributed by atoms with van der Waals surface area (Å²) in [5.41, 5.74) is 0.935. The van der Waals surface area contributed by atoms with Crippen LogP contribution < -0.4 is 14.8 Å². The van der Waals surface area contributed by atoms with E-state index in [1.807, 2.05) is 43.4 Å². The zero-order valence-electron chi connectivity index (χ0n) is 10.8. The molecule has 5 heteroatoms. The molecule has 0 amide bonds. The number of methoxy groups -OCH3 is 1. The van der Waals surface area contributed by atoms with Crippen LogP contribution in [0.15, 0.2) is 40.9 Å². The summed E-state index contributed by atoms with van der Waals surface area (Å²) in [5.74, 6) is 2.05. The average molecular weight is 323 g/mol. The Morgan fingerprint density at radius 3 is 2.79 bits per heavy atom. The zero-order valence-corrected chi connectivity index (χ0v) is 12.4. The van der Waals surface area contributed by atoms with Gasteiger partial charge >= 0.3 is 0 Å². The smallest absolute Gasteiger partial charge is 0.219 e. The van der Waals surface area contributed by atoms with Crippen molar-refractivity contribution in [3.05, 3.63) is 46.6 Å². The van der Waals surface area contributed by atoms with Crippen LogP contribution >= 0.6 is 15.9 Å². The first-order valence-electron chi connectivity index (χ1n) is 5.85. The fourth-order valence-electron chi connectivity index (χ4n) is 1.60. The van der Waals surface area contributed by atoms with Crippen LogP contribution in [-0.2, 0) is 6.54 Å². The van der Waals surface area contributed by atoms with Crippen LogP contribution in [0.4, 0.5) is 0 Å². The van der Waals surface area contributed by atoms with Gasteiger partial charge in [-0.05, 0) is 47.2 Å². The first-order valence-corrected chi connectivity index (χ1v) is 6.64. The molecule has 0 spiro atoms. The summed E-state index contributed by atoms with van der Waals surface area (Å²) in [6, 6.07) is 11.2. The van der Waals surface area contributed by atoms with Crippen LogP contribution in [0.1, 0.15) is 5.69 Å². The number of pyridine rings is 1. The van der Waals surface area contributed by atoms with Gasteiger partial charge in [0.15, 0.2) is 0 Å². The second-order valence-electron chi connectivity index (χ2n) is 3.90. The van der Waals surface area contributed by atoms with E-state index in [2.05, 4.69) is 26.2 Å². The Morgan fingerprint density at radius 1 is 1.26 bits per heavy atom. The van der Waals surface area contributed by atoms with Gasteiger partial charge in [-0.1, -0.05) is 6.07 Å². The zero-order chi connectivity index (χ0) is 13.7. The minimum Gasteiger partial charge on any atom is -0.497 e. The van der Waals surface area contributed by atoms with Gasteiger partial charge in [0.05, 0.1) is 17.3 Å². The molecular weight excluding hydrogens is 308 g/mol. The third-order valence-electron chi connectivity index (χ3n) is 2.49. The first kappa shape index (κ1) is 13.8. The number of nitrogens with one attached hydrogen (secondary N) is 1. The minimum atomic E-state index is 0.568. The third-order valence-corrected chi connectivity index (χ3v) is 3.11. The van der Waals surface area contributed by atoms with Gasteiger partial charge < -0.3 is 14.8 Å². The Hall–Kier alpha value is -1.59. The number of hydrogen-bond donors (Lipinski definition) is 1. The Bertz CT molecular complexity index is 561. The standard InChI is InChI=1S/C14H15BrN2O2/c1-16-9-10-4-3-5-14(17-10)19-13-7-6-11(18-2)8-12(13)15/h3-8,16H,9H2,1-2H3. The predicted molar refractivity (Wildman–Crippen MR) is 77.8 cm³/mol. The van der Waals surface area contributed by atoms with Crippen LogP contribution in [0.3, 0.4) is 0 Å². The lowest BCUT2D eigenvalue weighted by Gasteiger charge is -2.09. The molecule has 100 valence electrons. The first-order chi connectivity index (χ1) is 9.22. The summed E-state index contributed by atoms with van der Waals surface area (Å²) in [6.07, 6.45) is 0. The van der Waals surface area contributed by atoms with E-state index in [0.717, 1.165) is 15.9 Å². The molecule has 1 N–H and O–H groups in total. The SMILES string of the molecule is CNCc1cccc(Oc2ccc(OC)cc2Br)n1. The summed E-state index contributed by atoms with van der Waals surface area (Å²) >= 11 is 3.45. The van der Waals surface area contributed by atoms with E-state index in [4.69, 9.17) is 9.47 Å². The molecule has 1 aromatic carbocycles. The van der Waals surface area contributed by atoms with Crippen molar-refractivity contribution in [3.8, 4) is 17.4 Å². The number of nitrogens with zero attached hydrogens (tertiary/aromatic N) is 1. The van der Waals surface area contributed by atoms with E-state index in [1.165, 1.54) is 0 Å². The number of halogens is 1. The predicted octanol–water partition coefficient (Wildman–Crippen LogP) is 3.36. The fourth-order valence-corrected chi connectivity index (χ4v) is 2.04. The van der Waals surface area contributed by atoms with Gasteiger partial charge in [0.1, 0.15) is 11.5 Å². The van der Waals surface area contributed by atoms with Crippen molar-refractivity contribution in [1.29, 1.82) is 0 Å². The number of rotatable bonds is 5. The highest BCUT2D eigenvalue weighted by molar-refractivity contribution is 9.10. The molecule has 19 heavy (non-hydrogen) atoms. The summed E-state index contributed by atoms with van der Waals surface area (Å²) in [6.45, 7) is 0.709. The van der Waals surface area contributed by atoms with E-state index in [1.54, 1.807) is 7.11 Å². The van der Waals surface area contributed by atoms with Crippen LogP contribution in [0, 0.1) is 0 Å². The van der Waals surface area contributed by atoms with Gasteiger partial charge in [-0.15, -0.1) is 0 Å². The van der Waals surface area contributed by atoms with Gasteiger partial charge in [0.2, 0.25) is 5.88 Å².